The van der Waals surface area contributed by atoms with Gasteiger partial charge in [-0.1, -0.05) is 0 Å². The van der Waals surface area contributed by atoms with Crippen molar-refractivity contribution in [2.24, 2.45) is 0 Å². The summed E-state index contributed by atoms with van der Waals surface area (Å²) in [6.07, 6.45) is 6.30. The minimum Gasteiger partial charge on any atom is -0.357 e. The summed E-state index contributed by atoms with van der Waals surface area (Å²) in [6, 6.07) is 6.62. The third-order valence-corrected chi connectivity index (χ3v) is 3.54. The molecular formula is C15H22N4. The van der Waals surface area contributed by atoms with Crippen LogP contribution < -0.4 is 10.2 Å². The zero-order valence-corrected chi connectivity index (χ0v) is 11.6. The molecule has 1 aromatic rings. The van der Waals surface area contributed by atoms with Crippen LogP contribution in [0.3, 0.4) is 0 Å². The monoisotopic (exact) mass is 258 g/mol. The fourth-order valence-corrected chi connectivity index (χ4v) is 2.37. The first kappa shape index (κ1) is 13.8. The Morgan fingerprint density at radius 3 is 2.95 bits per heavy atom. The summed E-state index contributed by atoms with van der Waals surface area (Å²) in [5.41, 5.74) is 1.24. The van der Waals surface area contributed by atoms with Crippen molar-refractivity contribution >= 4 is 5.82 Å². The van der Waals surface area contributed by atoms with Crippen molar-refractivity contribution in [3.05, 3.63) is 23.9 Å². The highest BCUT2D eigenvalue weighted by molar-refractivity contribution is 5.41. The lowest BCUT2D eigenvalue weighted by atomic mass is 10.1. The van der Waals surface area contributed by atoms with Gasteiger partial charge >= 0.3 is 0 Å². The first-order valence-electron chi connectivity index (χ1n) is 7.10. The van der Waals surface area contributed by atoms with Crippen molar-refractivity contribution in [1.82, 2.24) is 10.3 Å². The Hall–Kier alpha value is -1.60. The number of nitrogens with one attached hydrogen (secondary N) is 1. The molecule has 1 saturated heterocycles. The van der Waals surface area contributed by atoms with Crippen molar-refractivity contribution in [3.8, 4) is 6.07 Å². The number of hydrogen-bond donors (Lipinski definition) is 1. The maximum absolute atomic E-state index is 8.64. The van der Waals surface area contributed by atoms with E-state index in [4.69, 9.17) is 5.26 Å². The molecule has 4 heteroatoms. The average Bonchev–Trinajstić information content (AvgIpc) is 2.47. The molecule has 0 amide bonds. The van der Waals surface area contributed by atoms with Crippen molar-refractivity contribution in [3.63, 3.8) is 0 Å². The molecular weight excluding hydrogens is 236 g/mol. The van der Waals surface area contributed by atoms with Gasteiger partial charge < -0.3 is 10.2 Å². The van der Waals surface area contributed by atoms with E-state index in [9.17, 15) is 0 Å². The van der Waals surface area contributed by atoms with E-state index in [0.29, 0.717) is 6.42 Å². The van der Waals surface area contributed by atoms with Gasteiger partial charge in [-0.15, -0.1) is 0 Å². The zero-order valence-electron chi connectivity index (χ0n) is 11.6. The SMILES string of the molecule is C[C@H](CC#N)NCc1ccnc(N2CCCCC2)c1. The van der Waals surface area contributed by atoms with Gasteiger partial charge in [-0.2, -0.15) is 5.26 Å². The van der Waals surface area contributed by atoms with E-state index in [1.54, 1.807) is 0 Å². The van der Waals surface area contributed by atoms with Crippen molar-refractivity contribution in [2.75, 3.05) is 18.0 Å². The van der Waals surface area contributed by atoms with E-state index in [2.05, 4.69) is 27.3 Å². The Morgan fingerprint density at radius 1 is 1.42 bits per heavy atom. The smallest absolute Gasteiger partial charge is 0.128 e. The van der Waals surface area contributed by atoms with E-state index in [0.717, 1.165) is 25.5 Å². The highest BCUT2D eigenvalue weighted by Crippen LogP contribution is 2.18. The maximum Gasteiger partial charge on any atom is 0.128 e. The zero-order chi connectivity index (χ0) is 13.5. The molecule has 1 N–H and O–H groups in total. The molecule has 1 fully saturated rings. The number of nitrogens with zero attached hydrogens (tertiary/aromatic N) is 3. The lowest BCUT2D eigenvalue weighted by Crippen LogP contribution is -2.30. The fraction of sp³-hybridized carbons (Fsp3) is 0.600. The second-order valence-corrected chi connectivity index (χ2v) is 5.21. The van der Waals surface area contributed by atoms with Crippen molar-refractivity contribution in [1.29, 1.82) is 5.26 Å². The van der Waals surface area contributed by atoms with Crippen LogP contribution in [0.1, 0.15) is 38.2 Å². The van der Waals surface area contributed by atoms with Crippen LogP contribution in [0.25, 0.3) is 0 Å². The third-order valence-electron chi connectivity index (χ3n) is 3.54. The lowest BCUT2D eigenvalue weighted by Gasteiger charge is -2.28. The van der Waals surface area contributed by atoms with Gasteiger partial charge in [0.1, 0.15) is 5.82 Å². The molecule has 0 spiro atoms. The summed E-state index contributed by atoms with van der Waals surface area (Å²) in [7, 11) is 0. The highest BCUT2D eigenvalue weighted by atomic mass is 15.2. The first-order chi connectivity index (χ1) is 9.29. The van der Waals surface area contributed by atoms with Crippen molar-refractivity contribution in [2.45, 2.75) is 45.2 Å². The Labute approximate surface area is 115 Å². The highest BCUT2D eigenvalue weighted by Gasteiger charge is 2.12. The molecule has 0 bridgehead atoms. The third kappa shape index (κ3) is 4.22. The summed E-state index contributed by atoms with van der Waals surface area (Å²) in [4.78, 5) is 6.84. The van der Waals surface area contributed by atoms with Gasteiger partial charge in [0.2, 0.25) is 0 Å². The Bertz CT molecular complexity index is 432. The lowest BCUT2D eigenvalue weighted by molar-refractivity contribution is 0.555. The van der Waals surface area contributed by atoms with Crippen LogP contribution >= 0.6 is 0 Å². The number of nitriles is 1. The van der Waals surface area contributed by atoms with E-state index in [-0.39, 0.29) is 6.04 Å². The topological polar surface area (TPSA) is 52.0 Å². The molecule has 0 aromatic carbocycles. The van der Waals surface area contributed by atoms with E-state index < -0.39 is 0 Å². The van der Waals surface area contributed by atoms with Gasteiger partial charge in [-0.25, -0.2) is 4.98 Å². The quantitative estimate of drug-likeness (QED) is 0.881. The van der Waals surface area contributed by atoms with Gasteiger partial charge in [0, 0.05) is 31.9 Å². The number of anilines is 1. The van der Waals surface area contributed by atoms with Gasteiger partial charge in [0.15, 0.2) is 0 Å². The summed E-state index contributed by atoms with van der Waals surface area (Å²) >= 11 is 0. The number of hydrogen-bond acceptors (Lipinski definition) is 4. The summed E-state index contributed by atoms with van der Waals surface area (Å²) in [6.45, 7) is 5.07. The molecule has 0 radical (unpaired) electrons. The Balaban J connectivity index is 1.93. The molecule has 2 heterocycles. The standard InChI is InChI=1S/C15H22N4/c1-13(5-7-16)18-12-14-6-8-17-15(11-14)19-9-3-2-4-10-19/h6,8,11,13,18H,2-5,9-10,12H2,1H3/t13-/m1/s1. The van der Waals surface area contributed by atoms with Crippen molar-refractivity contribution < 1.29 is 0 Å². The molecule has 1 aliphatic rings. The van der Waals surface area contributed by atoms with Gasteiger partial charge in [0.05, 0.1) is 12.5 Å². The number of pyridine rings is 1. The van der Waals surface area contributed by atoms with E-state index in [1.165, 1.54) is 24.8 Å². The summed E-state index contributed by atoms with van der Waals surface area (Å²) in [5.74, 6) is 1.09. The molecule has 0 unspecified atom stereocenters. The molecule has 4 nitrogen and oxygen atoms in total. The van der Waals surface area contributed by atoms with Crippen LogP contribution in [-0.2, 0) is 6.54 Å². The summed E-state index contributed by atoms with van der Waals surface area (Å²) < 4.78 is 0. The predicted octanol–water partition coefficient (Wildman–Crippen LogP) is 2.46. The van der Waals surface area contributed by atoms with Crippen LogP contribution in [-0.4, -0.2) is 24.1 Å². The van der Waals surface area contributed by atoms with Crippen LogP contribution in [0, 0.1) is 11.3 Å². The normalized spacial score (nSPS) is 16.9. The minimum atomic E-state index is 0.233. The Morgan fingerprint density at radius 2 is 2.21 bits per heavy atom. The van der Waals surface area contributed by atoms with Crippen LogP contribution in [0.4, 0.5) is 5.82 Å². The van der Waals surface area contributed by atoms with Crippen LogP contribution in [0.15, 0.2) is 18.3 Å². The second-order valence-electron chi connectivity index (χ2n) is 5.21. The largest absolute Gasteiger partial charge is 0.357 e. The predicted molar refractivity (Wildman–Crippen MR) is 76.8 cm³/mol. The number of aromatic nitrogens is 1. The number of rotatable bonds is 5. The van der Waals surface area contributed by atoms with Gasteiger partial charge in [0.25, 0.3) is 0 Å². The second kappa shape index (κ2) is 7.10. The van der Waals surface area contributed by atoms with Crippen LogP contribution in [0.2, 0.25) is 0 Å². The molecule has 1 atom stereocenters. The molecule has 19 heavy (non-hydrogen) atoms. The first-order valence-corrected chi connectivity index (χ1v) is 7.10. The van der Waals surface area contributed by atoms with Crippen LogP contribution in [0.5, 0.6) is 0 Å². The average molecular weight is 258 g/mol. The Kier molecular flexibility index (Phi) is 5.17. The number of piperidine rings is 1. The van der Waals surface area contributed by atoms with Gasteiger partial charge in [-0.05, 0) is 43.9 Å². The molecule has 1 aromatic heterocycles. The fourth-order valence-electron chi connectivity index (χ4n) is 2.37. The molecule has 102 valence electrons. The molecule has 2 rings (SSSR count). The van der Waals surface area contributed by atoms with E-state index in [1.807, 2.05) is 19.2 Å². The molecule has 0 aliphatic carbocycles. The van der Waals surface area contributed by atoms with E-state index >= 15 is 0 Å². The maximum atomic E-state index is 8.64. The van der Waals surface area contributed by atoms with Gasteiger partial charge in [-0.3, -0.25) is 0 Å². The molecule has 0 saturated carbocycles. The molecule has 1 aliphatic heterocycles. The summed E-state index contributed by atoms with van der Waals surface area (Å²) in [5, 5.41) is 12.0. The minimum absolute atomic E-state index is 0.233.